The van der Waals surface area contributed by atoms with Crippen LogP contribution in [0.2, 0.25) is 0 Å². The van der Waals surface area contributed by atoms with Crippen LogP contribution in [0.3, 0.4) is 0 Å². The number of rotatable bonds is 8. The Labute approximate surface area is 109 Å². The van der Waals surface area contributed by atoms with Crippen LogP contribution >= 0.6 is 0 Å². The van der Waals surface area contributed by atoms with Gasteiger partial charge in [-0.3, -0.25) is 9.37 Å². The first-order chi connectivity index (χ1) is 8.63. The summed E-state index contributed by atoms with van der Waals surface area (Å²) in [5, 5.41) is 3.34. The predicted molar refractivity (Wildman–Crippen MR) is 71.6 cm³/mol. The van der Waals surface area contributed by atoms with Crippen molar-refractivity contribution in [1.29, 1.82) is 0 Å². The largest absolute Gasteiger partial charge is 0.492 e. The maximum absolute atomic E-state index is 12.0. The third kappa shape index (κ3) is 5.45. The Morgan fingerprint density at radius 2 is 2.17 bits per heavy atom. The van der Waals surface area contributed by atoms with Gasteiger partial charge in [0.25, 0.3) is 0 Å². The van der Waals surface area contributed by atoms with Crippen molar-refractivity contribution in [2.75, 3.05) is 19.8 Å². The van der Waals surface area contributed by atoms with E-state index in [0.29, 0.717) is 25.5 Å². The summed E-state index contributed by atoms with van der Waals surface area (Å²) < 4.78 is 17.6. The third-order valence-corrected chi connectivity index (χ3v) is 2.45. The van der Waals surface area contributed by atoms with Crippen molar-refractivity contribution < 1.29 is 9.13 Å². The lowest BCUT2D eigenvalue weighted by Crippen LogP contribution is -2.20. The molecule has 4 heteroatoms. The molecule has 0 aromatic carbocycles. The lowest BCUT2D eigenvalue weighted by atomic mass is 10.2. The highest BCUT2D eigenvalue weighted by Gasteiger charge is 2.06. The fourth-order valence-electron chi connectivity index (χ4n) is 1.57. The summed E-state index contributed by atoms with van der Waals surface area (Å²) in [6, 6.07) is 3.82. The summed E-state index contributed by atoms with van der Waals surface area (Å²) in [6.45, 7) is 7.96. The van der Waals surface area contributed by atoms with E-state index >= 15 is 0 Å². The zero-order chi connectivity index (χ0) is 13.4. The molecule has 1 aromatic rings. The molecule has 18 heavy (non-hydrogen) atoms. The van der Waals surface area contributed by atoms with Crippen LogP contribution in [-0.4, -0.2) is 24.8 Å². The summed E-state index contributed by atoms with van der Waals surface area (Å²) in [7, 11) is 0. The summed E-state index contributed by atoms with van der Waals surface area (Å²) >= 11 is 0. The van der Waals surface area contributed by atoms with Gasteiger partial charge in [0.15, 0.2) is 0 Å². The number of ether oxygens (including phenoxy) is 1. The van der Waals surface area contributed by atoms with Gasteiger partial charge in [-0.1, -0.05) is 13.8 Å². The zero-order valence-corrected chi connectivity index (χ0v) is 11.5. The normalized spacial score (nSPS) is 10.9. The topological polar surface area (TPSA) is 34.1 Å². The highest BCUT2D eigenvalue weighted by Crippen LogP contribution is 2.17. The molecule has 0 unspecified atom stereocenters. The molecule has 0 bridgehead atoms. The van der Waals surface area contributed by atoms with E-state index in [0.717, 1.165) is 23.7 Å². The van der Waals surface area contributed by atoms with Crippen molar-refractivity contribution in [2.24, 2.45) is 5.92 Å². The molecule has 0 spiro atoms. The average molecular weight is 254 g/mol. The molecule has 0 fully saturated rings. The summed E-state index contributed by atoms with van der Waals surface area (Å²) in [5.74, 6) is 1.36. The molecule has 0 amide bonds. The van der Waals surface area contributed by atoms with Gasteiger partial charge in [-0.2, -0.15) is 0 Å². The van der Waals surface area contributed by atoms with Crippen molar-refractivity contribution in [2.45, 2.75) is 33.7 Å². The van der Waals surface area contributed by atoms with Crippen LogP contribution in [0.25, 0.3) is 0 Å². The highest BCUT2D eigenvalue weighted by atomic mass is 19.1. The lowest BCUT2D eigenvalue weighted by molar-refractivity contribution is 0.285. The Balaban J connectivity index is 2.58. The Bertz CT molecular complexity index is 356. The Morgan fingerprint density at radius 1 is 1.39 bits per heavy atom. The molecule has 0 atom stereocenters. The number of nitrogens with one attached hydrogen (secondary N) is 1. The van der Waals surface area contributed by atoms with Gasteiger partial charge < -0.3 is 10.1 Å². The molecule has 1 heterocycles. The van der Waals surface area contributed by atoms with Crippen molar-refractivity contribution in [3.8, 4) is 5.75 Å². The van der Waals surface area contributed by atoms with Crippen molar-refractivity contribution in [3.63, 3.8) is 0 Å². The molecular weight excluding hydrogens is 231 g/mol. The minimum Gasteiger partial charge on any atom is -0.492 e. The number of hydrogen-bond donors (Lipinski definition) is 1. The minimum absolute atomic E-state index is 0.347. The number of pyridine rings is 1. The third-order valence-electron chi connectivity index (χ3n) is 2.45. The van der Waals surface area contributed by atoms with Gasteiger partial charge in [0, 0.05) is 18.7 Å². The second-order valence-corrected chi connectivity index (χ2v) is 4.81. The number of aromatic nitrogens is 1. The van der Waals surface area contributed by atoms with Crippen LogP contribution in [0, 0.1) is 12.8 Å². The monoisotopic (exact) mass is 254 g/mol. The number of aryl methyl sites for hydroxylation is 1. The van der Waals surface area contributed by atoms with Crippen LogP contribution in [-0.2, 0) is 6.54 Å². The van der Waals surface area contributed by atoms with Gasteiger partial charge in [0.05, 0.1) is 19.0 Å². The second-order valence-electron chi connectivity index (χ2n) is 4.81. The zero-order valence-electron chi connectivity index (χ0n) is 11.5. The number of hydrogen-bond acceptors (Lipinski definition) is 3. The Morgan fingerprint density at radius 3 is 2.83 bits per heavy atom. The average Bonchev–Trinajstić information content (AvgIpc) is 2.31. The van der Waals surface area contributed by atoms with Crippen LogP contribution in [0.1, 0.15) is 31.7 Å². The SMILES string of the molecule is Cc1ccc(OCCCF)c(CNCC(C)C)n1. The van der Waals surface area contributed by atoms with Crippen LogP contribution < -0.4 is 10.1 Å². The molecule has 0 aliphatic heterocycles. The number of nitrogens with zero attached hydrogens (tertiary/aromatic N) is 1. The van der Waals surface area contributed by atoms with Crippen LogP contribution in [0.4, 0.5) is 4.39 Å². The lowest BCUT2D eigenvalue weighted by Gasteiger charge is -2.12. The molecule has 3 nitrogen and oxygen atoms in total. The molecular formula is C14H23FN2O. The first-order valence-corrected chi connectivity index (χ1v) is 6.49. The fraction of sp³-hybridized carbons (Fsp3) is 0.643. The van der Waals surface area contributed by atoms with Gasteiger partial charge >= 0.3 is 0 Å². The van der Waals surface area contributed by atoms with Crippen molar-refractivity contribution >= 4 is 0 Å². The van der Waals surface area contributed by atoms with Gasteiger partial charge in [-0.25, -0.2) is 0 Å². The van der Waals surface area contributed by atoms with E-state index in [4.69, 9.17) is 4.74 Å². The molecule has 102 valence electrons. The number of alkyl halides is 1. The molecule has 1 rings (SSSR count). The molecule has 1 N–H and O–H groups in total. The van der Waals surface area contributed by atoms with Gasteiger partial charge in [-0.15, -0.1) is 0 Å². The van der Waals surface area contributed by atoms with E-state index in [1.54, 1.807) is 0 Å². The summed E-state index contributed by atoms with van der Waals surface area (Å²) in [6.07, 6.45) is 0.423. The maximum Gasteiger partial charge on any atom is 0.142 e. The molecule has 0 saturated carbocycles. The van der Waals surface area contributed by atoms with E-state index in [1.807, 2.05) is 19.1 Å². The molecule has 0 saturated heterocycles. The first-order valence-electron chi connectivity index (χ1n) is 6.49. The van der Waals surface area contributed by atoms with Crippen LogP contribution in [0.5, 0.6) is 5.75 Å². The van der Waals surface area contributed by atoms with Crippen molar-refractivity contribution in [1.82, 2.24) is 10.3 Å². The second kappa shape index (κ2) is 8.03. The molecule has 0 aliphatic carbocycles. The molecule has 0 aliphatic rings. The predicted octanol–water partition coefficient (Wildman–Crippen LogP) is 2.87. The maximum atomic E-state index is 12.0. The molecule has 0 radical (unpaired) electrons. The van der Waals surface area contributed by atoms with Gasteiger partial charge in [0.1, 0.15) is 5.75 Å². The van der Waals surface area contributed by atoms with Crippen LogP contribution in [0.15, 0.2) is 12.1 Å². The minimum atomic E-state index is -0.347. The summed E-state index contributed by atoms with van der Waals surface area (Å²) in [4.78, 5) is 4.47. The standard InChI is InChI=1S/C14H23FN2O/c1-11(2)9-16-10-13-14(18-8-4-7-15)6-5-12(3)17-13/h5-6,11,16H,4,7-10H2,1-3H3. The summed E-state index contributed by atoms with van der Waals surface area (Å²) in [5.41, 5.74) is 1.86. The first kappa shape index (κ1) is 14.9. The Hall–Kier alpha value is -1.16. The van der Waals surface area contributed by atoms with E-state index in [1.165, 1.54) is 0 Å². The molecule has 1 aromatic heterocycles. The van der Waals surface area contributed by atoms with E-state index in [2.05, 4.69) is 24.1 Å². The van der Waals surface area contributed by atoms with Gasteiger partial charge in [0.2, 0.25) is 0 Å². The van der Waals surface area contributed by atoms with Gasteiger partial charge in [-0.05, 0) is 31.5 Å². The Kier molecular flexibility index (Phi) is 6.65. The van der Waals surface area contributed by atoms with Crippen molar-refractivity contribution in [3.05, 3.63) is 23.5 Å². The van der Waals surface area contributed by atoms with E-state index in [9.17, 15) is 4.39 Å². The smallest absolute Gasteiger partial charge is 0.142 e. The van der Waals surface area contributed by atoms with E-state index in [-0.39, 0.29) is 6.67 Å². The highest BCUT2D eigenvalue weighted by molar-refractivity contribution is 5.29. The quantitative estimate of drug-likeness (QED) is 0.724. The fourth-order valence-corrected chi connectivity index (χ4v) is 1.57. The van der Waals surface area contributed by atoms with E-state index < -0.39 is 0 Å². The number of halogens is 1.